The Bertz CT molecular complexity index is 1210. The second-order valence-corrected chi connectivity index (χ2v) is 10.1. The molecule has 0 atom stereocenters. The third-order valence-electron chi connectivity index (χ3n) is 5.91. The monoisotopic (exact) mass is 452 g/mol. The van der Waals surface area contributed by atoms with Crippen LogP contribution in [0.15, 0.2) is 59.5 Å². The standard InChI is InChI=1S/C24H28N4O3S/c1-18-9-11-22(12-10-18)24(29)26-13-15-27(16-14-26)32(30,31)23-19(2)25-28(20(23)3)17-21-7-5-4-6-8-21/h4-12H,13-17H2,1-3H3. The Balaban J connectivity index is 1.49. The van der Waals surface area contributed by atoms with Gasteiger partial charge in [0.25, 0.3) is 5.91 Å². The fourth-order valence-electron chi connectivity index (χ4n) is 4.10. The summed E-state index contributed by atoms with van der Waals surface area (Å²) in [7, 11) is -3.70. The lowest BCUT2D eigenvalue weighted by atomic mass is 10.1. The number of amides is 1. The number of aromatic nitrogens is 2. The van der Waals surface area contributed by atoms with E-state index in [-0.39, 0.29) is 23.9 Å². The van der Waals surface area contributed by atoms with Crippen LogP contribution in [0.2, 0.25) is 0 Å². The molecule has 1 amide bonds. The molecule has 2 aromatic carbocycles. The summed E-state index contributed by atoms with van der Waals surface area (Å²) in [6, 6.07) is 17.3. The van der Waals surface area contributed by atoms with Crippen LogP contribution in [0.4, 0.5) is 0 Å². The molecule has 32 heavy (non-hydrogen) atoms. The molecule has 1 saturated heterocycles. The second kappa shape index (κ2) is 8.88. The zero-order valence-corrected chi connectivity index (χ0v) is 19.5. The van der Waals surface area contributed by atoms with Gasteiger partial charge < -0.3 is 4.90 Å². The van der Waals surface area contributed by atoms with Crippen molar-refractivity contribution in [2.45, 2.75) is 32.2 Å². The van der Waals surface area contributed by atoms with Gasteiger partial charge in [-0.1, -0.05) is 48.0 Å². The molecule has 7 nitrogen and oxygen atoms in total. The number of nitrogens with zero attached hydrogens (tertiary/aromatic N) is 4. The molecule has 1 aromatic heterocycles. The van der Waals surface area contributed by atoms with E-state index in [1.165, 1.54) is 4.31 Å². The molecule has 0 unspecified atom stereocenters. The fraction of sp³-hybridized carbons (Fsp3) is 0.333. The highest BCUT2D eigenvalue weighted by Gasteiger charge is 2.34. The molecule has 0 saturated carbocycles. The molecule has 8 heteroatoms. The van der Waals surface area contributed by atoms with Gasteiger partial charge in [-0.3, -0.25) is 9.48 Å². The second-order valence-electron chi connectivity index (χ2n) is 8.21. The SMILES string of the molecule is Cc1ccc(C(=O)N2CCN(S(=O)(=O)c3c(C)nn(Cc4ccccc4)c3C)CC2)cc1. The van der Waals surface area contributed by atoms with Crippen molar-refractivity contribution in [1.29, 1.82) is 0 Å². The third kappa shape index (κ3) is 4.33. The average molecular weight is 453 g/mol. The van der Waals surface area contributed by atoms with Crippen LogP contribution in [-0.2, 0) is 16.6 Å². The summed E-state index contributed by atoms with van der Waals surface area (Å²) >= 11 is 0. The molecule has 3 aromatic rings. The van der Waals surface area contributed by atoms with Crippen molar-refractivity contribution in [3.63, 3.8) is 0 Å². The number of hydrogen-bond donors (Lipinski definition) is 0. The Labute approximate surface area is 189 Å². The van der Waals surface area contributed by atoms with E-state index in [2.05, 4.69) is 5.10 Å². The molecule has 1 fully saturated rings. The number of piperazine rings is 1. The minimum absolute atomic E-state index is 0.0647. The molecule has 4 rings (SSSR count). The number of carbonyl (C=O) groups excluding carboxylic acids is 1. The van der Waals surface area contributed by atoms with Crippen LogP contribution in [0.25, 0.3) is 0 Å². The molecule has 0 radical (unpaired) electrons. The zero-order valence-electron chi connectivity index (χ0n) is 18.7. The van der Waals surface area contributed by atoms with Crippen molar-refractivity contribution in [3.8, 4) is 0 Å². The van der Waals surface area contributed by atoms with E-state index in [1.54, 1.807) is 23.4 Å². The van der Waals surface area contributed by atoms with Gasteiger partial charge in [0.1, 0.15) is 4.90 Å². The lowest BCUT2D eigenvalue weighted by Gasteiger charge is -2.34. The number of carbonyl (C=O) groups is 1. The van der Waals surface area contributed by atoms with Crippen molar-refractivity contribution in [1.82, 2.24) is 19.0 Å². The molecule has 0 spiro atoms. The van der Waals surface area contributed by atoms with Gasteiger partial charge in [0.05, 0.1) is 17.9 Å². The predicted octanol–water partition coefficient (Wildman–Crippen LogP) is 3.00. The van der Waals surface area contributed by atoms with Crippen molar-refractivity contribution >= 4 is 15.9 Å². The molecular weight excluding hydrogens is 424 g/mol. The van der Waals surface area contributed by atoms with Crippen LogP contribution in [-0.4, -0.2) is 59.5 Å². The lowest BCUT2D eigenvalue weighted by Crippen LogP contribution is -2.50. The van der Waals surface area contributed by atoms with E-state index in [0.29, 0.717) is 36.6 Å². The predicted molar refractivity (Wildman–Crippen MR) is 123 cm³/mol. The first-order chi connectivity index (χ1) is 15.3. The summed E-state index contributed by atoms with van der Waals surface area (Å²) < 4.78 is 30.1. The smallest absolute Gasteiger partial charge is 0.253 e. The molecule has 1 aliphatic heterocycles. The van der Waals surface area contributed by atoms with E-state index in [1.807, 2.05) is 61.5 Å². The number of rotatable bonds is 5. The van der Waals surface area contributed by atoms with Gasteiger partial charge in [0.2, 0.25) is 10.0 Å². The summed E-state index contributed by atoms with van der Waals surface area (Å²) in [5.41, 5.74) is 3.91. The Kier molecular flexibility index (Phi) is 6.17. The van der Waals surface area contributed by atoms with Crippen molar-refractivity contribution in [2.24, 2.45) is 0 Å². The molecule has 0 N–H and O–H groups in total. The number of benzene rings is 2. The minimum Gasteiger partial charge on any atom is -0.336 e. The van der Waals surface area contributed by atoms with E-state index >= 15 is 0 Å². The first-order valence-corrected chi connectivity index (χ1v) is 12.2. The first-order valence-electron chi connectivity index (χ1n) is 10.7. The molecular formula is C24H28N4O3S. The number of sulfonamides is 1. The van der Waals surface area contributed by atoms with Gasteiger partial charge in [-0.2, -0.15) is 9.40 Å². The summed E-state index contributed by atoms with van der Waals surface area (Å²) in [5.74, 6) is -0.0647. The summed E-state index contributed by atoms with van der Waals surface area (Å²) in [6.07, 6.45) is 0. The zero-order chi connectivity index (χ0) is 22.9. The molecule has 0 bridgehead atoms. The molecule has 168 valence electrons. The van der Waals surface area contributed by atoms with Crippen LogP contribution >= 0.6 is 0 Å². The van der Waals surface area contributed by atoms with Gasteiger partial charge in [-0.25, -0.2) is 8.42 Å². The lowest BCUT2D eigenvalue weighted by molar-refractivity contribution is 0.0698. The highest BCUT2D eigenvalue weighted by atomic mass is 32.2. The van der Waals surface area contributed by atoms with Gasteiger partial charge >= 0.3 is 0 Å². The Morgan fingerprint density at radius 2 is 1.53 bits per heavy atom. The van der Waals surface area contributed by atoms with E-state index in [9.17, 15) is 13.2 Å². The van der Waals surface area contributed by atoms with Crippen LogP contribution < -0.4 is 0 Å². The van der Waals surface area contributed by atoms with Crippen LogP contribution in [0.3, 0.4) is 0 Å². The molecule has 1 aliphatic rings. The van der Waals surface area contributed by atoms with Crippen molar-refractivity contribution in [3.05, 3.63) is 82.7 Å². The maximum absolute atomic E-state index is 13.4. The minimum atomic E-state index is -3.70. The Morgan fingerprint density at radius 3 is 2.16 bits per heavy atom. The Morgan fingerprint density at radius 1 is 0.906 bits per heavy atom. The van der Waals surface area contributed by atoms with Crippen LogP contribution in [0.1, 0.15) is 32.9 Å². The summed E-state index contributed by atoms with van der Waals surface area (Å²) in [4.78, 5) is 14.8. The van der Waals surface area contributed by atoms with E-state index in [0.717, 1.165) is 11.1 Å². The van der Waals surface area contributed by atoms with Crippen molar-refractivity contribution < 1.29 is 13.2 Å². The quantitative estimate of drug-likeness (QED) is 0.596. The van der Waals surface area contributed by atoms with E-state index < -0.39 is 10.0 Å². The third-order valence-corrected chi connectivity index (χ3v) is 8.06. The highest BCUT2D eigenvalue weighted by Crippen LogP contribution is 2.25. The fourth-order valence-corrected chi connectivity index (χ4v) is 5.90. The maximum Gasteiger partial charge on any atom is 0.253 e. The van der Waals surface area contributed by atoms with Gasteiger partial charge in [0.15, 0.2) is 0 Å². The van der Waals surface area contributed by atoms with Crippen molar-refractivity contribution in [2.75, 3.05) is 26.2 Å². The normalized spacial score (nSPS) is 15.2. The van der Waals surface area contributed by atoms with Gasteiger partial charge in [-0.05, 0) is 38.5 Å². The highest BCUT2D eigenvalue weighted by molar-refractivity contribution is 7.89. The molecule has 2 heterocycles. The topological polar surface area (TPSA) is 75.5 Å². The maximum atomic E-state index is 13.4. The van der Waals surface area contributed by atoms with Crippen LogP contribution in [0, 0.1) is 20.8 Å². The Hall–Kier alpha value is -2.97. The number of aryl methyl sites for hydroxylation is 2. The largest absolute Gasteiger partial charge is 0.336 e. The molecule has 0 aliphatic carbocycles. The van der Waals surface area contributed by atoms with Gasteiger partial charge in [-0.15, -0.1) is 0 Å². The van der Waals surface area contributed by atoms with E-state index in [4.69, 9.17) is 0 Å². The summed E-state index contributed by atoms with van der Waals surface area (Å²) in [5, 5.41) is 4.50. The first kappa shape index (κ1) is 22.2. The van der Waals surface area contributed by atoms with Gasteiger partial charge in [0, 0.05) is 31.7 Å². The average Bonchev–Trinajstić information content (AvgIpc) is 3.08. The number of hydrogen-bond acceptors (Lipinski definition) is 4. The van der Waals surface area contributed by atoms with Crippen LogP contribution in [0.5, 0.6) is 0 Å². The summed E-state index contributed by atoms with van der Waals surface area (Å²) in [6.45, 7) is 7.28.